The Hall–Kier alpha value is -0.120. The summed E-state index contributed by atoms with van der Waals surface area (Å²) in [6, 6.07) is 0. The molecular weight excluding hydrogens is 200 g/mol. The first kappa shape index (κ1) is 12.3. The van der Waals surface area contributed by atoms with E-state index in [-0.39, 0.29) is 5.60 Å². The van der Waals surface area contributed by atoms with Crippen molar-refractivity contribution in [2.45, 2.75) is 44.1 Å². The van der Waals surface area contributed by atoms with Gasteiger partial charge in [0.1, 0.15) is 0 Å². The van der Waals surface area contributed by atoms with Gasteiger partial charge in [0.25, 0.3) is 0 Å². The second-order valence-electron chi connectivity index (χ2n) is 5.84. The summed E-state index contributed by atoms with van der Waals surface area (Å²) in [6.07, 6.45) is 7.06. The molecule has 1 saturated carbocycles. The molecule has 3 nitrogen and oxygen atoms in total. The molecule has 2 N–H and O–H groups in total. The fourth-order valence-electron chi connectivity index (χ4n) is 3.28. The minimum absolute atomic E-state index is 0.378. The summed E-state index contributed by atoms with van der Waals surface area (Å²) in [6.45, 7) is 4.34. The average molecular weight is 226 g/mol. The van der Waals surface area contributed by atoms with Gasteiger partial charge in [-0.1, -0.05) is 12.8 Å². The molecule has 1 saturated heterocycles. The smallest absolute Gasteiger partial charge is 0.0774 e. The van der Waals surface area contributed by atoms with E-state index in [1.165, 1.54) is 32.2 Å². The third kappa shape index (κ3) is 3.44. The van der Waals surface area contributed by atoms with E-state index in [1.54, 1.807) is 0 Å². The summed E-state index contributed by atoms with van der Waals surface area (Å²) in [7, 11) is 2.16. The van der Waals surface area contributed by atoms with Gasteiger partial charge in [-0.3, -0.25) is 0 Å². The van der Waals surface area contributed by atoms with E-state index in [0.29, 0.717) is 0 Å². The topological polar surface area (TPSA) is 35.5 Å². The maximum Gasteiger partial charge on any atom is 0.0774 e. The van der Waals surface area contributed by atoms with E-state index in [9.17, 15) is 5.11 Å². The second kappa shape index (κ2) is 5.48. The Morgan fingerprint density at radius 1 is 1.31 bits per heavy atom. The molecule has 0 aromatic heterocycles. The van der Waals surface area contributed by atoms with Gasteiger partial charge in [0.15, 0.2) is 0 Å². The molecule has 2 rings (SSSR count). The minimum Gasteiger partial charge on any atom is -0.389 e. The van der Waals surface area contributed by atoms with Crippen molar-refractivity contribution in [1.29, 1.82) is 0 Å². The number of rotatable bonds is 4. The Labute approximate surface area is 99.2 Å². The van der Waals surface area contributed by atoms with Gasteiger partial charge in [-0.25, -0.2) is 0 Å². The van der Waals surface area contributed by atoms with Gasteiger partial charge in [-0.15, -0.1) is 0 Å². The Kier molecular flexibility index (Phi) is 4.22. The molecule has 3 heteroatoms. The van der Waals surface area contributed by atoms with Gasteiger partial charge in [0.2, 0.25) is 0 Å². The molecule has 0 aromatic carbocycles. The van der Waals surface area contributed by atoms with Crippen molar-refractivity contribution in [3.05, 3.63) is 0 Å². The van der Waals surface area contributed by atoms with Crippen LogP contribution in [0.4, 0.5) is 0 Å². The maximum atomic E-state index is 10.3. The zero-order valence-electron chi connectivity index (χ0n) is 10.5. The van der Waals surface area contributed by atoms with Gasteiger partial charge in [-0.05, 0) is 51.7 Å². The number of likely N-dealkylation sites (N-methyl/N-ethyl adjacent to an activating group) is 1. The summed E-state index contributed by atoms with van der Waals surface area (Å²) in [4.78, 5) is 2.34. The van der Waals surface area contributed by atoms with Crippen molar-refractivity contribution in [3.63, 3.8) is 0 Å². The van der Waals surface area contributed by atoms with Crippen LogP contribution in [0, 0.1) is 5.92 Å². The highest BCUT2D eigenvalue weighted by Crippen LogP contribution is 2.30. The molecule has 0 amide bonds. The van der Waals surface area contributed by atoms with Crippen molar-refractivity contribution < 1.29 is 5.11 Å². The molecule has 1 heterocycles. The highest BCUT2D eigenvalue weighted by Gasteiger charge is 2.32. The first-order chi connectivity index (χ1) is 7.68. The van der Waals surface area contributed by atoms with Crippen LogP contribution in [-0.4, -0.2) is 48.8 Å². The maximum absolute atomic E-state index is 10.3. The first-order valence-electron chi connectivity index (χ1n) is 6.80. The fourth-order valence-corrected chi connectivity index (χ4v) is 3.28. The van der Waals surface area contributed by atoms with E-state index in [1.807, 2.05) is 0 Å². The molecule has 2 fully saturated rings. The monoisotopic (exact) mass is 226 g/mol. The molecule has 16 heavy (non-hydrogen) atoms. The normalized spacial score (nSPS) is 29.8. The lowest BCUT2D eigenvalue weighted by Gasteiger charge is -2.32. The summed E-state index contributed by atoms with van der Waals surface area (Å²) >= 11 is 0. The average Bonchev–Trinajstić information content (AvgIpc) is 2.66. The van der Waals surface area contributed by atoms with E-state index in [4.69, 9.17) is 0 Å². The van der Waals surface area contributed by atoms with Crippen molar-refractivity contribution in [1.82, 2.24) is 10.2 Å². The molecule has 0 aromatic rings. The largest absolute Gasteiger partial charge is 0.389 e. The van der Waals surface area contributed by atoms with E-state index < -0.39 is 0 Å². The molecule has 1 atom stereocenters. The highest BCUT2D eigenvalue weighted by atomic mass is 16.3. The third-order valence-electron chi connectivity index (χ3n) is 4.07. The van der Waals surface area contributed by atoms with Crippen LogP contribution in [0.1, 0.15) is 38.5 Å². The standard InChI is InChI=1S/C13H26N2O/c1-15(10-12-5-4-8-14-9-12)11-13(16)6-2-3-7-13/h12,14,16H,2-11H2,1H3. The van der Waals surface area contributed by atoms with Crippen molar-refractivity contribution >= 4 is 0 Å². The SMILES string of the molecule is CN(CC1CCCNC1)CC1(O)CCCC1. The molecule has 0 spiro atoms. The third-order valence-corrected chi connectivity index (χ3v) is 4.07. The highest BCUT2D eigenvalue weighted by molar-refractivity contribution is 4.87. The number of nitrogens with zero attached hydrogens (tertiary/aromatic N) is 1. The van der Waals surface area contributed by atoms with Crippen molar-refractivity contribution in [2.24, 2.45) is 5.92 Å². The Morgan fingerprint density at radius 2 is 2.06 bits per heavy atom. The Morgan fingerprint density at radius 3 is 2.69 bits per heavy atom. The first-order valence-corrected chi connectivity index (χ1v) is 6.80. The predicted molar refractivity (Wildman–Crippen MR) is 66.5 cm³/mol. The van der Waals surface area contributed by atoms with Crippen molar-refractivity contribution in [3.8, 4) is 0 Å². The van der Waals surface area contributed by atoms with Crippen molar-refractivity contribution in [2.75, 3.05) is 33.2 Å². The van der Waals surface area contributed by atoms with Crippen LogP contribution < -0.4 is 5.32 Å². The molecular formula is C13H26N2O. The molecule has 1 unspecified atom stereocenters. The summed E-state index contributed by atoms with van der Waals surface area (Å²) < 4.78 is 0. The van der Waals surface area contributed by atoms with Crippen LogP contribution in [0.5, 0.6) is 0 Å². The Bertz CT molecular complexity index is 208. The fraction of sp³-hybridized carbons (Fsp3) is 1.00. The number of hydrogen-bond donors (Lipinski definition) is 2. The van der Waals surface area contributed by atoms with Crippen LogP contribution in [0.25, 0.3) is 0 Å². The van der Waals surface area contributed by atoms with Gasteiger partial charge in [-0.2, -0.15) is 0 Å². The zero-order chi connectivity index (χ0) is 11.4. The number of piperidine rings is 1. The van der Waals surface area contributed by atoms with Crippen LogP contribution in [0.15, 0.2) is 0 Å². The molecule has 1 aliphatic carbocycles. The summed E-state index contributed by atoms with van der Waals surface area (Å²) in [5.41, 5.74) is -0.378. The summed E-state index contributed by atoms with van der Waals surface area (Å²) in [5, 5.41) is 13.8. The van der Waals surface area contributed by atoms with Crippen LogP contribution in [-0.2, 0) is 0 Å². The van der Waals surface area contributed by atoms with Crippen LogP contribution in [0.2, 0.25) is 0 Å². The van der Waals surface area contributed by atoms with E-state index in [2.05, 4.69) is 17.3 Å². The molecule has 1 aliphatic heterocycles. The predicted octanol–water partition coefficient (Wildman–Crippen LogP) is 1.22. The zero-order valence-corrected chi connectivity index (χ0v) is 10.5. The van der Waals surface area contributed by atoms with Gasteiger partial charge >= 0.3 is 0 Å². The number of aliphatic hydroxyl groups is 1. The number of hydrogen-bond acceptors (Lipinski definition) is 3. The molecule has 0 radical (unpaired) electrons. The quantitative estimate of drug-likeness (QED) is 0.756. The van der Waals surface area contributed by atoms with Gasteiger partial charge in [0.05, 0.1) is 5.60 Å². The lowest BCUT2D eigenvalue weighted by atomic mass is 9.97. The molecule has 2 aliphatic rings. The Balaban J connectivity index is 1.72. The minimum atomic E-state index is -0.378. The van der Waals surface area contributed by atoms with E-state index >= 15 is 0 Å². The lowest BCUT2D eigenvalue weighted by molar-refractivity contribution is 0.0121. The van der Waals surface area contributed by atoms with Gasteiger partial charge in [0, 0.05) is 13.1 Å². The lowest BCUT2D eigenvalue weighted by Crippen LogP contribution is -2.43. The summed E-state index contributed by atoms with van der Waals surface area (Å²) in [5.74, 6) is 0.781. The van der Waals surface area contributed by atoms with Crippen LogP contribution >= 0.6 is 0 Å². The van der Waals surface area contributed by atoms with E-state index in [0.717, 1.165) is 38.4 Å². The number of nitrogens with one attached hydrogen (secondary N) is 1. The second-order valence-corrected chi connectivity index (χ2v) is 5.84. The van der Waals surface area contributed by atoms with Crippen LogP contribution in [0.3, 0.4) is 0 Å². The van der Waals surface area contributed by atoms with Gasteiger partial charge < -0.3 is 15.3 Å². The molecule has 0 bridgehead atoms. The molecule has 94 valence electrons.